The van der Waals surface area contributed by atoms with E-state index in [0.29, 0.717) is 11.5 Å². The van der Waals surface area contributed by atoms with Gasteiger partial charge in [-0.3, -0.25) is 0 Å². The number of nitrogens with one attached hydrogen (secondary N) is 1. The Morgan fingerprint density at radius 3 is 2.64 bits per heavy atom. The van der Waals surface area contributed by atoms with Crippen LogP contribution < -0.4 is 10.1 Å². The Balaban J connectivity index is 2.38. The lowest BCUT2D eigenvalue weighted by Crippen LogP contribution is -2.09. The van der Waals surface area contributed by atoms with E-state index < -0.39 is 0 Å². The first-order valence-corrected chi connectivity index (χ1v) is 8.84. The standard InChI is InChI=1S/C20H26N4O/c1-5-7-8-11-22-20-18(13-21)24-19(14(3)23-20)17-10-9-16(25-4)12-15(17)6-2/h9-10,12H,5-8,11H2,1-4H3,(H,22,23). The molecule has 1 heterocycles. The summed E-state index contributed by atoms with van der Waals surface area (Å²) in [5, 5.41) is 12.7. The smallest absolute Gasteiger partial charge is 0.183 e. The van der Waals surface area contributed by atoms with Crippen LogP contribution in [0.5, 0.6) is 5.75 Å². The molecule has 2 aromatic rings. The van der Waals surface area contributed by atoms with E-state index in [0.717, 1.165) is 60.5 Å². The van der Waals surface area contributed by atoms with Gasteiger partial charge >= 0.3 is 0 Å². The van der Waals surface area contributed by atoms with Crippen molar-refractivity contribution in [2.75, 3.05) is 19.0 Å². The highest BCUT2D eigenvalue weighted by molar-refractivity contribution is 5.69. The van der Waals surface area contributed by atoms with Crippen LogP contribution in [0.1, 0.15) is 50.1 Å². The van der Waals surface area contributed by atoms with Gasteiger partial charge in [0.25, 0.3) is 0 Å². The zero-order valence-corrected chi connectivity index (χ0v) is 15.5. The van der Waals surface area contributed by atoms with Crippen LogP contribution in [0.15, 0.2) is 18.2 Å². The number of aromatic nitrogens is 2. The number of ether oxygens (including phenoxy) is 1. The highest BCUT2D eigenvalue weighted by Crippen LogP contribution is 2.29. The summed E-state index contributed by atoms with van der Waals surface area (Å²) in [5.41, 5.74) is 4.05. The quantitative estimate of drug-likeness (QED) is 0.718. The average molecular weight is 338 g/mol. The third-order valence-corrected chi connectivity index (χ3v) is 4.20. The lowest BCUT2D eigenvalue weighted by atomic mass is 10.0. The maximum absolute atomic E-state index is 9.48. The van der Waals surface area contributed by atoms with Crippen molar-refractivity contribution in [3.05, 3.63) is 35.2 Å². The van der Waals surface area contributed by atoms with Crippen molar-refractivity contribution in [2.45, 2.75) is 46.5 Å². The molecule has 0 aliphatic heterocycles. The molecule has 0 spiro atoms. The summed E-state index contributed by atoms with van der Waals surface area (Å²) in [4.78, 5) is 9.21. The molecule has 0 fully saturated rings. The van der Waals surface area contributed by atoms with Crippen molar-refractivity contribution in [3.8, 4) is 23.1 Å². The maximum Gasteiger partial charge on any atom is 0.183 e. The summed E-state index contributed by atoms with van der Waals surface area (Å²) < 4.78 is 5.31. The number of hydrogen-bond acceptors (Lipinski definition) is 5. The van der Waals surface area contributed by atoms with Gasteiger partial charge in [0.15, 0.2) is 11.5 Å². The SMILES string of the molecule is CCCCCNc1nc(C)c(-c2ccc(OC)cc2CC)nc1C#N. The van der Waals surface area contributed by atoms with Gasteiger partial charge in [0.1, 0.15) is 11.8 Å². The van der Waals surface area contributed by atoms with Crippen molar-refractivity contribution < 1.29 is 4.74 Å². The van der Waals surface area contributed by atoms with Crippen molar-refractivity contribution in [1.82, 2.24) is 9.97 Å². The fraction of sp³-hybridized carbons (Fsp3) is 0.450. The highest BCUT2D eigenvalue weighted by Gasteiger charge is 2.15. The largest absolute Gasteiger partial charge is 0.497 e. The zero-order chi connectivity index (χ0) is 18.2. The molecule has 0 unspecified atom stereocenters. The van der Waals surface area contributed by atoms with E-state index in [2.05, 4.69) is 35.2 Å². The number of nitriles is 1. The number of unbranched alkanes of at least 4 members (excludes halogenated alkanes) is 2. The molecule has 0 amide bonds. The van der Waals surface area contributed by atoms with Gasteiger partial charge in [-0.25, -0.2) is 9.97 Å². The van der Waals surface area contributed by atoms with Gasteiger partial charge in [-0.15, -0.1) is 0 Å². The summed E-state index contributed by atoms with van der Waals surface area (Å²) in [6, 6.07) is 8.09. The number of benzene rings is 1. The van der Waals surface area contributed by atoms with Gasteiger partial charge in [-0.05, 0) is 43.5 Å². The molecule has 0 aliphatic rings. The normalized spacial score (nSPS) is 10.4. The van der Waals surface area contributed by atoms with Crippen LogP contribution in [0.2, 0.25) is 0 Å². The third kappa shape index (κ3) is 4.48. The molecule has 0 radical (unpaired) electrons. The van der Waals surface area contributed by atoms with Gasteiger partial charge in [0.05, 0.1) is 18.5 Å². The molecule has 5 nitrogen and oxygen atoms in total. The highest BCUT2D eigenvalue weighted by atomic mass is 16.5. The summed E-state index contributed by atoms with van der Waals surface area (Å²) in [6.45, 7) is 7.00. The molecule has 0 saturated carbocycles. The second kappa shape index (κ2) is 9.03. The number of aryl methyl sites for hydroxylation is 2. The summed E-state index contributed by atoms with van der Waals surface area (Å²) in [5.74, 6) is 1.40. The Morgan fingerprint density at radius 2 is 2.00 bits per heavy atom. The van der Waals surface area contributed by atoms with Crippen LogP contribution in [-0.4, -0.2) is 23.6 Å². The fourth-order valence-corrected chi connectivity index (χ4v) is 2.78. The molecule has 0 saturated heterocycles. The van der Waals surface area contributed by atoms with E-state index in [9.17, 15) is 5.26 Å². The Labute approximate surface area is 150 Å². The van der Waals surface area contributed by atoms with Crippen LogP contribution in [0.4, 0.5) is 5.82 Å². The van der Waals surface area contributed by atoms with E-state index >= 15 is 0 Å². The topological polar surface area (TPSA) is 70.8 Å². The Kier molecular flexibility index (Phi) is 6.76. The lowest BCUT2D eigenvalue weighted by molar-refractivity contribution is 0.414. The van der Waals surface area contributed by atoms with Gasteiger partial charge < -0.3 is 10.1 Å². The second-order valence-electron chi connectivity index (χ2n) is 5.98. The van der Waals surface area contributed by atoms with Gasteiger partial charge in [-0.1, -0.05) is 26.7 Å². The van der Waals surface area contributed by atoms with E-state index in [1.165, 1.54) is 0 Å². The molecule has 1 N–H and O–H groups in total. The van der Waals surface area contributed by atoms with E-state index in [1.807, 2.05) is 25.1 Å². The van der Waals surface area contributed by atoms with Gasteiger partial charge in [-0.2, -0.15) is 5.26 Å². The number of methoxy groups -OCH3 is 1. The first-order valence-electron chi connectivity index (χ1n) is 8.84. The molecule has 132 valence electrons. The minimum Gasteiger partial charge on any atom is -0.497 e. The molecule has 25 heavy (non-hydrogen) atoms. The minimum absolute atomic E-state index is 0.343. The monoisotopic (exact) mass is 338 g/mol. The van der Waals surface area contributed by atoms with E-state index in [1.54, 1.807) is 7.11 Å². The number of rotatable bonds is 8. The van der Waals surface area contributed by atoms with Crippen LogP contribution in [-0.2, 0) is 6.42 Å². The van der Waals surface area contributed by atoms with Crippen molar-refractivity contribution >= 4 is 5.82 Å². The van der Waals surface area contributed by atoms with Crippen LogP contribution in [0.25, 0.3) is 11.3 Å². The predicted molar refractivity (Wildman–Crippen MR) is 101 cm³/mol. The van der Waals surface area contributed by atoms with E-state index in [-0.39, 0.29) is 0 Å². The minimum atomic E-state index is 0.343. The molecule has 1 aromatic carbocycles. The van der Waals surface area contributed by atoms with Crippen LogP contribution in [0, 0.1) is 18.3 Å². The molecule has 2 rings (SSSR count). The van der Waals surface area contributed by atoms with Gasteiger partial charge in [0, 0.05) is 12.1 Å². The molecular formula is C20H26N4O. The molecule has 1 aromatic heterocycles. The zero-order valence-electron chi connectivity index (χ0n) is 15.5. The van der Waals surface area contributed by atoms with Crippen molar-refractivity contribution in [1.29, 1.82) is 5.26 Å². The maximum atomic E-state index is 9.48. The second-order valence-corrected chi connectivity index (χ2v) is 5.98. The first kappa shape index (κ1) is 18.7. The Bertz CT molecular complexity index is 765. The summed E-state index contributed by atoms with van der Waals surface area (Å²) in [6.07, 6.45) is 4.23. The Hall–Kier alpha value is -2.61. The molecular weight excluding hydrogens is 312 g/mol. The summed E-state index contributed by atoms with van der Waals surface area (Å²) >= 11 is 0. The number of hydrogen-bond donors (Lipinski definition) is 1. The molecule has 0 atom stereocenters. The average Bonchev–Trinajstić information content (AvgIpc) is 2.65. The molecule has 0 bridgehead atoms. The summed E-state index contributed by atoms with van der Waals surface area (Å²) in [7, 11) is 1.66. The predicted octanol–water partition coefficient (Wildman–Crippen LogP) is 4.50. The van der Waals surface area contributed by atoms with Crippen LogP contribution in [0.3, 0.4) is 0 Å². The van der Waals surface area contributed by atoms with Gasteiger partial charge in [0.2, 0.25) is 0 Å². The Morgan fingerprint density at radius 1 is 1.20 bits per heavy atom. The van der Waals surface area contributed by atoms with Crippen molar-refractivity contribution in [3.63, 3.8) is 0 Å². The lowest BCUT2D eigenvalue weighted by Gasteiger charge is -2.14. The van der Waals surface area contributed by atoms with Crippen molar-refractivity contribution in [2.24, 2.45) is 0 Å². The first-order chi connectivity index (χ1) is 12.1. The molecule has 5 heteroatoms. The number of anilines is 1. The van der Waals surface area contributed by atoms with E-state index in [4.69, 9.17) is 4.74 Å². The van der Waals surface area contributed by atoms with Crippen LogP contribution >= 0.6 is 0 Å². The number of nitrogens with zero attached hydrogens (tertiary/aromatic N) is 3. The fourth-order valence-electron chi connectivity index (χ4n) is 2.78. The molecule has 0 aliphatic carbocycles. The third-order valence-electron chi connectivity index (χ3n) is 4.20.